The van der Waals surface area contributed by atoms with Crippen molar-refractivity contribution < 1.29 is 9.53 Å². The Morgan fingerprint density at radius 2 is 1.96 bits per heavy atom. The molecule has 8 nitrogen and oxygen atoms in total. The van der Waals surface area contributed by atoms with Crippen molar-refractivity contribution in [2.24, 2.45) is 0 Å². The summed E-state index contributed by atoms with van der Waals surface area (Å²) in [5, 5.41) is 8.47. The number of carbonyl (C=O) groups excluding carboxylic acids is 1. The van der Waals surface area contributed by atoms with Gasteiger partial charge in [-0.1, -0.05) is 18.2 Å². The molecule has 142 valence electrons. The van der Waals surface area contributed by atoms with E-state index in [4.69, 9.17) is 9.72 Å². The summed E-state index contributed by atoms with van der Waals surface area (Å²) in [4.78, 5) is 22.6. The Balaban J connectivity index is 1.49. The summed E-state index contributed by atoms with van der Waals surface area (Å²) < 4.78 is 5.08. The Morgan fingerprint density at radius 3 is 2.78 bits per heavy atom. The standard InChI is InChI=1S/C19H24N6O2/c1-2-27-19(26)24-12-10-23(11-13-24)17-14-20-22-18(21-17)25-9-5-7-15-6-3-4-8-16(15)25/h3-4,6,8,14H,2,5,7,9-13H2,1H3. The van der Waals surface area contributed by atoms with Gasteiger partial charge in [-0.3, -0.25) is 0 Å². The van der Waals surface area contributed by atoms with Crippen molar-refractivity contribution >= 4 is 23.5 Å². The van der Waals surface area contributed by atoms with Crippen LogP contribution in [0.15, 0.2) is 30.5 Å². The van der Waals surface area contributed by atoms with Gasteiger partial charge in [-0.15, -0.1) is 5.10 Å². The molecule has 0 unspecified atom stereocenters. The van der Waals surface area contributed by atoms with Crippen molar-refractivity contribution in [3.8, 4) is 0 Å². The molecule has 0 aliphatic carbocycles. The Morgan fingerprint density at radius 1 is 1.15 bits per heavy atom. The number of hydrogen-bond acceptors (Lipinski definition) is 7. The lowest BCUT2D eigenvalue weighted by Gasteiger charge is -2.35. The molecule has 8 heteroatoms. The van der Waals surface area contributed by atoms with Gasteiger partial charge in [0.15, 0.2) is 5.82 Å². The van der Waals surface area contributed by atoms with Gasteiger partial charge in [-0.25, -0.2) is 4.79 Å². The number of hydrogen-bond donors (Lipinski definition) is 0. The minimum absolute atomic E-state index is 0.247. The highest BCUT2D eigenvalue weighted by atomic mass is 16.6. The topological polar surface area (TPSA) is 74.7 Å². The van der Waals surface area contributed by atoms with Crippen LogP contribution in [0.1, 0.15) is 18.9 Å². The van der Waals surface area contributed by atoms with Crippen LogP contribution in [-0.2, 0) is 11.2 Å². The van der Waals surface area contributed by atoms with E-state index in [0.29, 0.717) is 38.7 Å². The van der Waals surface area contributed by atoms with Gasteiger partial charge in [-0.2, -0.15) is 10.1 Å². The average molecular weight is 368 g/mol. The lowest BCUT2D eigenvalue weighted by atomic mass is 10.0. The normalized spacial score (nSPS) is 16.9. The fraction of sp³-hybridized carbons (Fsp3) is 0.474. The predicted octanol–water partition coefficient (Wildman–Crippen LogP) is 2.23. The molecule has 3 heterocycles. The lowest BCUT2D eigenvalue weighted by molar-refractivity contribution is 0.105. The van der Waals surface area contributed by atoms with Crippen LogP contribution >= 0.6 is 0 Å². The fourth-order valence-electron chi connectivity index (χ4n) is 3.63. The van der Waals surface area contributed by atoms with Crippen LogP contribution in [0.4, 0.5) is 22.2 Å². The van der Waals surface area contributed by atoms with Gasteiger partial charge in [-0.05, 0) is 31.4 Å². The first kappa shape index (κ1) is 17.5. The van der Waals surface area contributed by atoms with Crippen LogP contribution in [0.3, 0.4) is 0 Å². The second-order valence-electron chi connectivity index (χ2n) is 6.67. The Labute approximate surface area is 158 Å². The largest absolute Gasteiger partial charge is 0.450 e. The minimum Gasteiger partial charge on any atom is -0.450 e. The molecule has 1 saturated heterocycles. The monoisotopic (exact) mass is 368 g/mol. The van der Waals surface area contributed by atoms with Gasteiger partial charge in [0, 0.05) is 38.4 Å². The molecule has 2 aliphatic heterocycles. The van der Waals surface area contributed by atoms with E-state index >= 15 is 0 Å². The van der Waals surface area contributed by atoms with E-state index in [1.807, 2.05) is 13.0 Å². The number of aryl methyl sites for hydroxylation is 1. The Hall–Kier alpha value is -2.90. The zero-order chi connectivity index (χ0) is 18.6. The second-order valence-corrected chi connectivity index (χ2v) is 6.67. The SMILES string of the molecule is CCOC(=O)N1CCN(c2cnnc(N3CCCc4ccccc43)n2)CC1. The van der Waals surface area contributed by atoms with E-state index < -0.39 is 0 Å². The number of amides is 1. The van der Waals surface area contributed by atoms with Gasteiger partial charge < -0.3 is 19.4 Å². The van der Waals surface area contributed by atoms with Gasteiger partial charge in [0.05, 0.1) is 12.8 Å². The van der Waals surface area contributed by atoms with E-state index in [-0.39, 0.29) is 6.09 Å². The maximum Gasteiger partial charge on any atom is 0.409 e. The number of aromatic nitrogens is 3. The van der Waals surface area contributed by atoms with Crippen molar-refractivity contribution in [2.45, 2.75) is 19.8 Å². The van der Waals surface area contributed by atoms with Crippen LogP contribution < -0.4 is 9.80 Å². The molecule has 1 fully saturated rings. The molecule has 0 atom stereocenters. The summed E-state index contributed by atoms with van der Waals surface area (Å²) >= 11 is 0. The number of nitrogens with zero attached hydrogens (tertiary/aromatic N) is 6. The van der Waals surface area contributed by atoms with Gasteiger partial charge in [0.2, 0.25) is 0 Å². The van der Waals surface area contributed by atoms with Crippen LogP contribution in [0.5, 0.6) is 0 Å². The fourth-order valence-corrected chi connectivity index (χ4v) is 3.63. The summed E-state index contributed by atoms with van der Waals surface area (Å²) in [6.07, 6.45) is 3.60. The molecule has 27 heavy (non-hydrogen) atoms. The first-order chi connectivity index (χ1) is 13.3. The van der Waals surface area contributed by atoms with Gasteiger partial charge in [0.1, 0.15) is 0 Å². The van der Waals surface area contributed by atoms with Crippen LogP contribution in [0.2, 0.25) is 0 Å². The third-order valence-corrected chi connectivity index (χ3v) is 5.02. The highest BCUT2D eigenvalue weighted by molar-refractivity contribution is 5.68. The molecule has 4 rings (SSSR count). The highest BCUT2D eigenvalue weighted by Crippen LogP contribution is 2.31. The number of rotatable bonds is 3. The number of para-hydroxylation sites is 1. The Bertz CT molecular complexity index is 806. The van der Waals surface area contributed by atoms with Crippen molar-refractivity contribution in [1.29, 1.82) is 0 Å². The number of benzene rings is 1. The zero-order valence-electron chi connectivity index (χ0n) is 15.5. The van der Waals surface area contributed by atoms with E-state index in [1.54, 1.807) is 11.1 Å². The van der Waals surface area contributed by atoms with Gasteiger partial charge in [0.25, 0.3) is 5.95 Å². The van der Waals surface area contributed by atoms with E-state index in [0.717, 1.165) is 30.9 Å². The molecule has 1 amide bonds. The number of carbonyl (C=O) groups is 1. The number of anilines is 3. The molecule has 1 aromatic carbocycles. The molecule has 0 radical (unpaired) electrons. The van der Waals surface area contributed by atoms with E-state index in [2.05, 4.69) is 38.2 Å². The molecular formula is C19H24N6O2. The Kier molecular flexibility index (Phi) is 5.04. The van der Waals surface area contributed by atoms with E-state index in [1.165, 1.54) is 5.56 Å². The molecule has 2 aromatic rings. The van der Waals surface area contributed by atoms with Crippen LogP contribution in [0, 0.1) is 0 Å². The molecule has 0 bridgehead atoms. The van der Waals surface area contributed by atoms with Crippen molar-refractivity contribution in [2.75, 3.05) is 49.1 Å². The number of ether oxygens (including phenoxy) is 1. The molecule has 0 N–H and O–H groups in total. The maximum absolute atomic E-state index is 11.9. The molecule has 1 aromatic heterocycles. The zero-order valence-corrected chi connectivity index (χ0v) is 15.5. The first-order valence-corrected chi connectivity index (χ1v) is 9.48. The van der Waals surface area contributed by atoms with Crippen molar-refractivity contribution in [3.63, 3.8) is 0 Å². The lowest BCUT2D eigenvalue weighted by Crippen LogP contribution is -2.49. The quantitative estimate of drug-likeness (QED) is 0.822. The highest BCUT2D eigenvalue weighted by Gasteiger charge is 2.25. The van der Waals surface area contributed by atoms with Crippen molar-refractivity contribution in [1.82, 2.24) is 20.1 Å². The minimum atomic E-state index is -0.247. The maximum atomic E-state index is 11.9. The van der Waals surface area contributed by atoms with Crippen LogP contribution in [0.25, 0.3) is 0 Å². The van der Waals surface area contributed by atoms with Crippen LogP contribution in [-0.4, -0.2) is 65.5 Å². The van der Waals surface area contributed by atoms with Crippen molar-refractivity contribution in [3.05, 3.63) is 36.0 Å². The molecule has 0 saturated carbocycles. The third kappa shape index (κ3) is 3.65. The number of piperazine rings is 1. The third-order valence-electron chi connectivity index (χ3n) is 5.02. The van der Waals surface area contributed by atoms with Gasteiger partial charge >= 0.3 is 6.09 Å². The average Bonchev–Trinajstić information content (AvgIpc) is 2.74. The summed E-state index contributed by atoms with van der Waals surface area (Å²) in [6.45, 7) is 5.74. The second kappa shape index (κ2) is 7.77. The predicted molar refractivity (Wildman–Crippen MR) is 102 cm³/mol. The van der Waals surface area contributed by atoms with E-state index in [9.17, 15) is 4.79 Å². The summed E-state index contributed by atoms with van der Waals surface area (Å²) in [7, 11) is 0. The summed E-state index contributed by atoms with van der Waals surface area (Å²) in [5.74, 6) is 1.43. The molecule has 0 spiro atoms. The molecule has 2 aliphatic rings. The summed E-state index contributed by atoms with van der Waals surface area (Å²) in [6, 6.07) is 8.39. The first-order valence-electron chi connectivity index (χ1n) is 9.48. The molecular weight excluding hydrogens is 344 g/mol. The number of fused-ring (bicyclic) bond motifs is 1. The smallest absolute Gasteiger partial charge is 0.409 e. The summed E-state index contributed by atoms with van der Waals surface area (Å²) in [5.41, 5.74) is 2.48.